The molecular formula is C23H19ClN2O2S. The molecule has 0 aliphatic rings. The van der Waals surface area contributed by atoms with Gasteiger partial charge in [0.1, 0.15) is 4.83 Å². The first-order chi connectivity index (χ1) is 13.8. The summed E-state index contributed by atoms with van der Waals surface area (Å²) >= 11 is 7.39. The van der Waals surface area contributed by atoms with Crippen molar-refractivity contribution in [2.75, 3.05) is 0 Å². The normalized spacial score (nSPS) is 11.2. The number of Topliss-reactive ketones (excluding diaryl/α,β-unsaturated/α-hetero) is 1. The Hall–Kier alpha value is -2.76. The van der Waals surface area contributed by atoms with E-state index >= 15 is 0 Å². The van der Waals surface area contributed by atoms with Gasteiger partial charge in [0.2, 0.25) is 0 Å². The van der Waals surface area contributed by atoms with Crippen molar-refractivity contribution in [2.45, 2.75) is 27.3 Å². The Kier molecular flexibility index (Phi) is 5.11. The minimum Gasteiger partial charge on any atom is -0.292 e. The molecule has 0 aliphatic carbocycles. The van der Waals surface area contributed by atoms with Crippen molar-refractivity contribution in [1.29, 1.82) is 0 Å². The van der Waals surface area contributed by atoms with Crippen molar-refractivity contribution >= 4 is 38.9 Å². The largest absolute Gasteiger partial charge is 0.292 e. The molecule has 0 fully saturated rings. The smallest absolute Gasteiger partial charge is 0.263 e. The lowest BCUT2D eigenvalue weighted by Crippen LogP contribution is -2.24. The number of carbonyl (C=O) groups is 1. The summed E-state index contributed by atoms with van der Waals surface area (Å²) in [5.74, 6) is -0.162. The Morgan fingerprint density at radius 3 is 2.48 bits per heavy atom. The number of fused-ring (bicyclic) bond motifs is 1. The van der Waals surface area contributed by atoms with Crippen molar-refractivity contribution in [1.82, 2.24) is 9.55 Å². The van der Waals surface area contributed by atoms with Crippen LogP contribution in [-0.4, -0.2) is 15.3 Å². The number of halogens is 1. The molecule has 0 N–H and O–H groups in total. The van der Waals surface area contributed by atoms with Crippen molar-refractivity contribution in [3.63, 3.8) is 0 Å². The van der Waals surface area contributed by atoms with Gasteiger partial charge < -0.3 is 0 Å². The van der Waals surface area contributed by atoms with E-state index in [4.69, 9.17) is 11.6 Å². The second-order valence-electron chi connectivity index (χ2n) is 7.12. The predicted molar refractivity (Wildman–Crippen MR) is 119 cm³/mol. The quantitative estimate of drug-likeness (QED) is 0.403. The average molecular weight is 423 g/mol. The summed E-state index contributed by atoms with van der Waals surface area (Å²) in [5, 5.41) is 1.13. The highest BCUT2D eigenvalue weighted by Gasteiger charge is 2.18. The molecule has 29 heavy (non-hydrogen) atoms. The Morgan fingerprint density at radius 1 is 1.07 bits per heavy atom. The van der Waals surface area contributed by atoms with E-state index in [-0.39, 0.29) is 17.9 Å². The van der Waals surface area contributed by atoms with Crippen LogP contribution in [0.4, 0.5) is 0 Å². The molecule has 0 spiro atoms. The summed E-state index contributed by atoms with van der Waals surface area (Å²) in [4.78, 5) is 32.1. The topological polar surface area (TPSA) is 52.0 Å². The van der Waals surface area contributed by atoms with Gasteiger partial charge in [-0.1, -0.05) is 29.8 Å². The minimum absolute atomic E-state index is 0.0648. The first-order valence-electron chi connectivity index (χ1n) is 9.20. The van der Waals surface area contributed by atoms with Crippen molar-refractivity contribution in [2.24, 2.45) is 0 Å². The van der Waals surface area contributed by atoms with Crippen LogP contribution in [0.5, 0.6) is 0 Å². The van der Waals surface area contributed by atoms with Crippen molar-refractivity contribution in [3.05, 3.63) is 85.7 Å². The van der Waals surface area contributed by atoms with E-state index in [1.165, 1.54) is 33.4 Å². The number of hydrogen-bond donors (Lipinski definition) is 0. The van der Waals surface area contributed by atoms with E-state index in [0.717, 1.165) is 16.0 Å². The van der Waals surface area contributed by atoms with Gasteiger partial charge in [0.15, 0.2) is 5.78 Å². The highest BCUT2D eigenvalue weighted by Crippen LogP contribution is 2.36. The lowest BCUT2D eigenvalue weighted by molar-refractivity contribution is 0.0970. The lowest BCUT2D eigenvalue weighted by Gasteiger charge is -2.08. The summed E-state index contributed by atoms with van der Waals surface area (Å²) in [6.45, 7) is 6.06. The van der Waals surface area contributed by atoms with E-state index in [1.54, 1.807) is 24.3 Å². The first-order valence-corrected chi connectivity index (χ1v) is 10.4. The van der Waals surface area contributed by atoms with Gasteiger partial charge in [-0.2, -0.15) is 0 Å². The lowest BCUT2D eigenvalue weighted by atomic mass is 9.99. The second kappa shape index (κ2) is 7.58. The molecule has 0 unspecified atom stereocenters. The van der Waals surface area contributed by atoms with Crippen LogP contribution < -0.4 is 5.56 Å². The molecule has 0 saturated heterocycles. The number of benzene rings is 2. The number of rotatable bonds is 4. The Balaban J connectivity index is 1.81. The molecule has 0 aliphatic heterocycles. The molecule has 4 aromatic rings. The number of aryl methyl sites for hydroxylation is 3. The van der Waals surface area contributed by atoms with Gasteiger partial charge >= 0.3 is 0 Å². The Morgan fingerprint density at radius 2 is 1.79 bits per heavy atom. The molecule has 2 heterocycles. The zero-order chi connectivity index (χ0) is 20.7. The fourth-order valence-electron chi connectivity index (χ4n) is 3.38. The summed E-state index contributed by atoms with van der Waals surface area (Å²) in [7, 11) is 0. The fraction of sp³-hybridized carbons (Fsp3) is 0.174. The Bertz CT molecular complexity index is 1300. The molecule has 0 radical (unpaired) electrons. The second-order valence-corrected chi connectivity index (χ2v) is 8.76. The van der Waals surface area contributed by atoms with Crippen LogP contribution in [0.25, 0.3) is 21.3 Å². The molecule has 6 heteroatoms. The number of ketones is 1. The summed E-state index contributed by atoms with van der Waals surface area (Å²) < 4.78 is 1.38. The molecule has 146 valence electrons. The van der Waals surface area contributed by atoms with Crippen LogP contribution in [0, 0.1) is 20.8 Å². The van der Waals surface area contributed by atoms with Crippen LogP contribution in [-0.2, 0) is 6.54 Å². The number of hydrogen-bond acceptors (Lipinski definition) is 4. The van der Waals surface area contributed by atoms with Gasteiger partial charge in [-0.3, -0.25) is 14.2 Å². The van der Waals surface area contributed by atoms with E-state index in [2.05, 4.69) is 31.0 Å². The van der Waals surface area contributed by atoms with E-state index in [0.29, 0.717) is 20.8 Å². The maximum Gasteiger partial charge on any atom is 0.263 e. The molecule has 4 rings (SSSR count). The van der Waals surface area contributed by atoms with Crippen LogP contribution in [0.3, 0.4) is 0 Å². The fourth-order valence-corrected chi connectivity index (χ4v) is 4.51. The van der Waals surface area contributed by atoms with Crippen LogP contribution in [0.2, 0.25) is 5.02 Å². The number of aromatic nitrogens is 2. The molecule has 0 saturated carbocycles. The standard InChI is InChI=1S/C23H19ClN2O2S/c1-13-4-5-17(10-14(13)2)20-15(3)29-22-21(20)23(28)26(12-25-22)11-19(27)16-6-8-18(24)9-7-16/h4-10,12H,11H2,1-3H3. The minimum atomic E-state index is -0.199. The number of carbonyl (C=O) groups excluding carboxylic acids is 1. The Labute approximate surface area is 177 Å². The highest BCUT2D eigenvalue weighted by molar-refractivity contribution is 7.19. The molecule has 0 amide bonds. The van der Waals surface area contributed by atoms with Gasteiger partial charge in [0.05, 0.1) is 18.3 Å². The maximum atomic E-state index is 13.3. The van der Waals surface area contributed by atoms with Crippen molar-refractivity contribution < 1.29 is 4.79 Å². The molecule has 2 aromatic heterocycles. The van der Waals surface area contributed by atoms with Crippen LogP contribution in [0.15, 0.2) is 53.6 Å². The predicted octanol–water partition coefficient (Wildman–Crippen LogP) is 5.59. The highest BCUT2D eigenvalue weighted by atomic mass is 35.5. The average Bonchev–Trinajstić information content (AvgIpc) is 3.03. The van der Waals surface area contributed by atoms with E-state index in [9.17, 15) is 9.59 Å². The summed E-state index contributed by atoms with van der Waals surface area (Å²) in [6, 6.07) is 12.9. The maximum absolute atomic E-state index is 13.3. The number of nitrogens with zero attached hydrogens (tertiary/aromatic N) is 2. The van der Waals surface area contributed by atoms with Gasteiger partial charge in [-0.05, 0) is 61.7 Å². The van der Waals surface area contributed by atoms with Crippen LogP contribution >= 0.6 is 22.9 Å². The number of thiophene rings is 1. The zero-order valence-electron chi connectivity index (χ0n) is 16.3. The third-order valence-electron chi connectivity index (χ3n) is 5.13. The van der Waals surface area contributed by atoms with Gasteiger partial charge in [-0.15, -0.1) is 11.3 Å². The zero-order valence-corrected chi connectivity index (χ0v) is 17.9. The SMILES string of the molecule is Cc1ccc(-c2c(C)sc3ncn(CC(=O)c4ccc(Cl)cc4)c(=O)c23)cc1C. The van der Waals surface area contributed by atoms with Gasteiger partial charge in [0.25, 0.3) is 5.56 Å². The van der Waals surface area contributed by atoms with E-state index in [1.807, 2.05) is 13.0 Å². The van der Waals surface area contributed by atoms with Gasteiger partial charge in [0, 0.05) is 21.0 Å². The van der Waals surface area contributed by atoms with Gasteiger partial charge in [-0.25, -0.2) is 4.98 Å². The van der Waals surface area contributed by atoms with Crippen LogP contribution in [0.1, 0.15) is 26.4 Å². The molecule has 0 bridgehead atoms. The molecular weight excluding hydrogens is 404 g/mol. The molecule has 0 atom stereocenters. The van der Waals surface area contributed by atoms with E-state index < -0.39 is 0 Å². The third kappa shape index (κ3) is 3.63. The first kappa shape index (κ1) is 19.6. The molecule has 4 nitrogen and oxygen atoms in total. The monoisotopic (exact) mass is 422 g/mol. The molecule has 2 aromatic carbocycles. The van der Waals surface area contributed by atoms with Crippen molar-refractivity contribution in [3.8, 4) is 11.1 Å². The summed E-state index contributed by atoms with van der Waals surface area (Å²) in [6.07, 6.45) is 1.46. The third-order valence-corrected chi connectivity index (χ3v) is 6.40. The summed E-state index contributed by atoms with van der Waals surface area (Å²) in [5.41, 5.74) is 4.59.